The van der Waals surface area contributed by atoms with Crippen LogP contribution in [0, 0.1) is 6.92 Å². The molecule has 132 valence electrons. The van der Waals surface area contributed by atoms with Crippen molar-refractivity contribution in [3.8, 4) is 17.2 Å². The second-order valence-electron chi connectivity index (χ2n) is 5.84. The fraction of sp³-hybridized carbons (Fsp3) is 0.316. The Morgan fingerprint density at radius 1 is 1.24 bits per heavy atom. The van der Waals surface area contributed by atoms with Crippen LogP contribution in [0.3, 0.4) is 0 Å². The fourth-order valence-corrected chi connectivity index (χ4v) is 2.95. The van der Waals surface area contributed by atoms with Crippen LogP contribution in [0.1, 0.15) is 27.9 Å². The molecule has 2 aromatic rings. The summed E-state index contributed by atoms with van der Waals surface area (Å²) < 4.78 is 16.5. The van der Waals surface area contributed by atoms with Gasteiger partial charge in [-0.05, 0) is 36.8 Å². The average molecular weight is 362 g/mol. The Hall–Kier alpha value is -2.40. The number of nitrogens with one attached hydrogen (secondary N) is 1. The topological polar surface area (TPSA) is 56.8 Å². The van der Waals surface area contributed by atoms with E-state index in [0.29, 0.717) is 47.6 Å². The predicted molar refractivity (Wildman–Crippen MR) is 96.0 cm³/mol. The Labute approximate surface area is 151 Å². The highest BCUT2D eigenvalue weighted by Crippen LogP contribution is 2.38. The highest BCUT2D eigenvalue weighted by Gasteiger charge is 2.17. The first-order valence-corrected chi connectivity index (χ1v) is 8.47. The van der Waals surface area contributed by atoms with Crippen LogP contribution in [0.15, 0.2) is 30.3 Å². The molecule has 0 aromatic heterocycles. The lowest BCUT2D eigenvalue weighted by molar-refractivity contribution is 0.0947. The van der Waals surface area contributed by atoms with Crippen LogP contribution in [0.5, 0.6) is 17.2 Å². The number of ether oxygens (including phenoxy) is 3. The molecule has 1 heterocycles. The van der Waals surface area contributed by atoms with Gasteiger partial charge in [-0.3, -0.25) is 4.79 Å². The highest BCUT2D eigenvalue weighted by molar-refractivity contribution is 6.32. The number of fused-ring (bicyclic) bond motifs is 1. The molecule has 25 heavy (non-hydrogen) atoms. The number of hydrogen-bond acceptors (Lipinski definition) is 4. The fourth-order valence-electron chi connectivity index (χ4n) is 2.66. The Morgan fingerprint density at radius 2 is 2.04 bits per heavy atom. The van der Waals surface area contributed by atoms with Crippen LogP contribution in [0.4, 0.5) is 0 Å². The van der Waals surface area contributed by atoms with E-state index >= 15 is 0 Å². The van der Waals surface area contributed by atoms with E-state index in [9.17, 15) is 4.79 Å². The number of carbonyl (C=O) groups excluding carboxylic acids is 1. The van der Waals surface area contributed by atoms with Crippen LogP contribution in [0.25, 0.3) is 0 Å². The molecule has 0 bridgehead atoms. The summed E-state index contributed by atoms with van der Waals surface area (Å²) in [5.41, 5.74) is 2.33. The molecule has 0 radical (unpaired) electrons. The van der Waals surface area contributed by atoms with Crippen LogP contribution in [-0.4, -0.2) is 26.2 Å². The first kappa shape index (κ1) is 17.4. The van der Waals surface area contributed by atoms with Crippen LogP contribution >= 0.6 is 11.6 Å². The average Bonchev–Trinajstić information content (AvgIpc) is 2.85. The van der Waals surface area contributed by atoms with Crippen molar-refractivity contribution < 1.29 is 19.0 Å². The molecule has 1 aliphatic rings. The van der Waals surface area contributed by atoms with E-state index in [1.165, 1.54) is 0 Å². The lowest BCUT2D eigenvalue weighted by Crippen LogP contribution is -2.23. The van der Waals surface area contributed by atoms with E-state index < -0.39 is 0 Å². The zero-order valence-corrected chi connectivity index (χ0v) is 15.0. The van der Waals surface area contributed by atoms with Crippen LogP contribution in [0.2, 0.25) is 5.02 Å². The SMILES string of the molecule is COc1ccc(C)cc1C(=O)NCc1cc(Cl)c2c(c1)OCCCO2. The lowest BCUT2D eigenvalue weighted by atomic mass is 10.1. The quantitative estimate of drug-likeness (QED) is 0.901. The van der Waals surface area contributed by atoms with Crippen molar-refractivity contribution in [3.05, 3.63) is 52.0 Å². The summed E-state index contributed by atoms with van der Waals surface area (Å²) in [4.78, 5) is 12.5. The molecule has 6 heteroatoms. The highest BCUT2D eigenvalue weighted by atomic mass is 35.5. The van der Waals surface area contributed by atoms with Crippen molar-refractivity contribution in [2.75, 3.05) is 20.3 Å². The Kier molecular flexibility index (Phi) is 5.34. The zero-order valence-electron chi connectivity index (χ0n) is 14.2. The van der Waals surface area contributed by atoms with Crippen LogP contribution in [-0.2, 0) is 6.54 Å². The molecule has 0 aliphatic carbocycles. The smallest absolute Gasteiger partial charge is 0.255 e. The van der Waals surface area contributed by atoms with Crippen molar-refractivity contribution in [1.82, 2.24) is 5.32 Å². The third kappa shape index (κ3) is 3.99. The van der Waals surface area contributed by atoms with Crippen molar-refractivity contribution >= 4 is 17.5 Å². The van der Waals surface area contributed by atoms with Crippen molar-refractivity contribution in [2.45, 2.75) is 19.9 Å². The van der Waals surface area contributed by atoms with Gasteiger partial charge in [0.2, 0.25) is 0 Å². The number of amides is 1. The van der Waals surface area contributed by atoms with Crippen molar-refractivity contribution in [3.63, 3.8) is 0 Å². The van der Waals surface area contributed by atoms with E-state index in [-0.39, 0.29) is 5.91 Å². The number of carbonyl (C=O) groups is 1. The normalized spacial score (nSPS) is 13.1. The van der Waals surface area contributed by atoms with Crippen molar-refractivity contribution in [2.24, 2.45) is 0 Å². The summed E-state index contributed by atoms with van der Waals surface area (Å²) in [7, 11) is 1.55. The molecule has 5 nitrogen and oxygen atoms in total. The molecule has 1 amide bonds. The summed E-state index contributed by atoms with van der Waals surface area (Å²) >= 11 is 6.28. The minimum Gasteiger partial charge on any atom is -0.496 e. The molecule has 0 saturated heterocycles. The largest absolute Gasteiger partial charge is 0.496 e. The van der Waals surface area contributed by atoms with Gasteiger partial charge in [-0.2, -0.15) is 0 Å². The molecule has 0 atom stereocenters. The van der Waals surface area contributed by atoms with Crippen LogP contribution < -0.4 is 19.5 Å². The molecular formula is C19H20ClNO4. The predicted octanol–water partition coefficient (Wildman–Crippen LogP) is 3.75. The Balaban J connectivity index is 1.76. The molecule has 0 saturated carbocycles. The second kappa shape index (κ2) is 7.66. The van der Waals surface area contributed by atoms with Gasteiger partial charge in [0, 0.05) is 13.0 Å². The summed E-state index contributed by atoms with van der Waals surface area (Å²) in [5, 5.41) is 3.38. The van der Waals surface area contributed by atoms with Gasteiger partial charge in [-0.1, -0.05) is 23.2 Å². The van der Waals surface area contributed by atoms with E-state index in [1.54, 1.807) is 25.3 Å². The van der Waals surface area contributed by atoms with Gasteiger partial charge < -0.3 is 19.5 Å². The Bertz CT molecular complexity index is 791. The summed E-state index contributed by atoms with van der Waals surface area (Å²) in [6.07, 6.45) is 0.810. The first-order valence-electron chi connectivity index (χ1n) is 8.09. The molecule has 3 rings (SSSR count). The number of aryl methyl sites for hydroxylation is 1. The monoisotopic (exact) mass is 361 g/mol. The number of halogens is 1. The lowest BCUT2D eigenvalue weighted by Gasteiger charge is -2.13. The summed E-state index contributed by atoms with van der Waals surface area (Å²) in [6.45, 7) is 3.42. The van der Waals surface area contributed by atoms with Gasteiger partial charge in [0.25, 0.3) is 5.91 Å². The zero-order chi connectivity index (χ0) is 17.8. The molecular weight excluding hydrogens is 342 g/mol. The van der Waals surface area contributed by atoms with Gasteiger partial charge >= 0.3 is 0 Å². The van der Waals surface area contributed by atoms with Gasteiger partial charge in [0.05, 0.1) is 30.9 Å². The minimum absolute atomic E-state index is 0.205. The minimum atomic E-state index is -0.205. The van der Waals surface area contributed by atoms with Gasteiger partial charge in [0.1, 0.15) is 5.75 Å². The number of benzene rings is 2. The second-order valence-corrected chi connectivity index (χ2v) is 6.25. The maximum absolute atomic E-state index is 12.5. The standard InChI is InChI=1S/C19H20ClNO4/c1-12-4-5-16(23-2)14(8-12)19(22)21-11-13-9-15(20)18-17(10-13)24-6-3-7-25-18/h4-5,8-10H,3,6-7,11H2,1-2H3,(H,21,22). The first-order chi connectivity index (χ1) is 12.1. The number of rotatable bonds is 4. The molecule has 0 unspecified atom stereocenters. The summed E-state index contributed by atoms with van der Waals surface area (Å²) in [5.74, 6) is 1.51. The third-order valence-corrected chi connectivity index (χ3v) is 4.20. The maximum Gasteiger partial charge on any atom is 0.255 e. The van der Waals surface area contributed by atoms with Gasteiger partial charge in [-0.25, -0.2) is 0 Å². The third-order valence-electron chi connectivity index (χ3n) is 3.91. The number of methoxy groups -OCH3 is 1. The maximum atomic E-state index is 12.5. The van der Waals surface area contributed by atoms with E-state index in [4.69, 9.17) is 25.8 Å². The molecule has 1 aliphatic heterocycles. The number of hydrogen-bond donors (Lipinski definition) is 1. The van der Waals surface area contributed by atoms with Crippen molar-refractivity contribution in [1.29, 1.82) is 0 Å². The van der Waals surface area contributed by atoms with Gasteiger partial charge in [0.15, 0.2) is 11.5 Å². The van der Waals surface area contributed by atoms with E-state index in [1.807, 2.05) is 19.1 Å². The molecule has 2 aromatic carbocycles. The summed E-state index contributed by atoms with van der Waals surface area (Å²) in [6, 6.07) is 9.12. The van der Waals surface area contributed by atoms with Gasteiger partial charge in [-0.15, -0.1) is 0 Å². The molecule has 1 N–H and O–H groups in total. The molecule has 0 fully saturated rings. The van der Waals surface area contributed by atoms with E-state index in [2.05, 4.69) is 5.32 Å². The van der Waals surface area contributed by atoms with E-state index in [0.717, 1.165) is 17.5 Å². The Morgan fingerprint density at radius 3 is 2.84 bits per heavy atom. The molecule has 0 spiro atoms.